The Kier molecular flexibility index (Phi) is 2.04. The lowest BCUT2D eigenvalue weighted by molar-refractivity contribution is 0.0985. The lowest BCUT2D eigenvalue weighted by atomic mass is 10.1. The van der Waals surface area contributed by atoms with Crippen molar-refractivity contribution in [3.05, 3.63) is 0 Å². The number of hydrogen-bond donors (Lipinski definition) is 0. The molecular weight excluding hydrogens is 164 g/mol. The summed E-state index contributed by atoms with van der Waals surface area (Å²) in [5, 5.41) is 0. The zero-order valence-corrected chi connectivity index (χ0v) is 8.11. The summed E-state index contributed by atoms with van der Waals surface area (Å²) in [5.74, 6) is 0. The van der Waals surface area contributed by atoms with Crippen molar-refractivity contribution in [2.24, 2.45) is 0 Å². The van der Waals surface area contributed by atoms with E-state index in [9.17, 15) is 0 Å². The normalized spacial score (nSPS) is 40.6. The van der Waals surface area contributed by atoms with Crippen molar-refractivity contribution >= 4 is 0 Å². The molecule has 74 valence electrons. The number of epoxide rings is 1. The van der Waals surface area contributed by atoms with E-state index in [0.717, 1.165) is 12.6 Å². The summed E-state index contributed by atoms with van der Waals surface area (Å²) in [6.45, 7) is 7.38. The molecule has 3 nitrogen and oxygen atoms in total. The number of rotatable bonds is 2. The molecule has 0 N–H and O–H groups in total. The molecule has 13 heavy (non-hydrogen) atoms. The molecule has 0 saturated carbocycles. The third kappa shape index (κ3) is 1.73. The minimum atomic E-state index is 0.577. The van der Waals surface area contributed by atoms with E-state index >= 15 is 0 Å². The van der Waals surface area contributed by atoms with Crippen LogP contribution < -0.4 is 0 Å². The van der Waals surface area contributed by atoms with Crippen LogP contribution in [0.1, 0.15) is 12.8 Å². The molecule has 0 aromatic rings. The van der Waals surface area contributed by atoms with Crippen LogP contribution in [-0.2, 0) is 4.74 Å². The molecule has 0 spiro atoms. The van der Waals surface area contributed by atoms with Gasteiger partial charge in [-0.2, -0.15) is 0 Å². The summed E-state index contributed by atoms with van der Waals surface area (Å²) in [7, 11) is 0. The molecule has 3 rings (SSSR count). The monoisotopic (exact) mass is 182 g/mol. The second kappa shape index (κ2) is 3.23. The SMILES string of the molecule is C1CC2CN(CC3CO3)CCN2C1. The summed E-state index contributed by atoms with van der Waals surface area (Å²) >= 11 is 0. The predicted molar refractivity (Wildman–Crippen MR) is 50.8 cm³/mol. The molecular formula is C10H18N2O. The van der Waals surface area contributed by atoms with Crippen molar-refractivity contribution < 1.29 is 4.74 Å². The predicted octanol–water partition coefficient (Wildman–Crippen LogP) is 0.165. The van der Waals surface area contributed by atoms with Crippen LogP contribution in [0.25, 0.3) is 0 Å². The lowest BCUT2D eigenvalue weighted by Crippen LogP contribution is -2.50. The highest BCUT2D eigenvalue weighted by Crippen LogP contribution is 2.22. The van der Waals surface area contributed by atoms with E-state index in [1.54, 1.807) is 0 Å². The smallest absolute Gasteiger partial charge is 0.0936 e. The van der Waals surface area contributed by atoms with E-state index in [-0.39, 0.29) is 0 Å². The van der Waals surface area contributed by atoms with Crippen molar-refractivity contribution in [2.45, 2.75) is 25.0 Å². The van der Waals surface area contributed by atoms with Crippen LogP contribution in [-0.4, -0.2) is 61.3 Å². The summed E-state index contributed by atoms with van der Waals surface area (Å²) < 4.78 is 5.27. The maximum absolute atomic E-state index is 5.27. The van der Waals surface area contributed by atoms with Crippen LogP contribution in [0.2, 0.25) is 0 Å². The first-order chi connectivity index (χ1) is 6.42. The highest BCUT2D eigenvalue weighted by molar-refractivity contribution is 4.88. The Morgan fingerprint density at radius 3 is 3.00 bits per heavy atom. The van der Waals surface area contributed by atoms with Crippen molar-refractivity contribution in [2.75, 3.05) is 39.3 Å². The van der Waals surface area contributed by atoms with Crippen LogP contribution in [0.5, 0.6) is 0 Å². The highest BCUT2D eigenvalue weighted by Gasteiger charge is 2.33. The molecule has 3 aliphatic rings. The zero-order chi connectivity index (χ0) is 8.67. The molecule has 3 saturated heterocycles. The molecule has 0 amide bonds. The van der Waals surface area contributed by atoms with Gasteiger partial charge in [0.1, 0.15) is 0 Å². The highest BCUT2D eigenvalue weighted by atomic mass is 16.6. The van der Waals surface area contributed by atoms with Gasteiger partial charge < -0.3 is 4.74 Å². The summed E-state index contributed by atoms with van der Waals surface area (Å²) in [6.07, 6.45) is 3.41. The van der Waals surface area contributed by atoms with E-state index in [2.05, 4.69) is 9.80 Å². The van der Waals surface area contributed by atoms with E-state index in [1.807, 2.05) is 0 Å². The van der Waals surface area contributed by atoms with Crippen molar-refractivity contribution in [3.63, 3.8) is 0 Å². The van der Waals surface area contributed by atoms with Gasteiger partial charge in [-0.1, -0.05) is 0 Å². The molecule has 3 heteroatoms. The number of ether oxygens (including phenoxy) is 1. The quantitative estimate of drug-likeness (QED) is 0.567. The molecule has 2 atom stereocenters. The molecule has 0 aliphatic carbocycles. The van der Waals surface area contributed by atoms with Gasteiger partial charge in [-0.15, -0.1) is 0 Å². The minimum Gasteiger partial charge on any atom is -0.372 e. The second-order valence-electron chi connectivity index (χ2n) is 4.55. The fourth-order valence-electron chi connectivity index (χ4n) is 2.68. The van der Waals surface area contributed by atoms with Crippen molar-refractivity contribution in [3.8, 4) is 0 Å². The third-order valence-corrected chi connectivity index (χ3v) is 3.54. The first-order valence-electron chi connectivity index (χ1n) is 5.50. The Bertz CT molecular complexity index is 193. The van der Waals surface area contributed by atoms with E-state index < -0.39 is 0 Å². The van der Waals surface area contributed by atoms with E-state index in [1.165, 1.54) is 45.6 Å². The van der Waals surface area contributed by atoms with Gasteiger partial charge in [0.25, 0.3) is 0 Å². The topological polar surface area (TPSA) is 19.0 Å². The third-order valence-electron chi connectivity index (χ3n) is 3.54. The average molecular weight is 182 g/mol. The maximum atomic E-state index is 5.27. The van der Waals surface area contributed by atoms with Gasteiger partial charge in [0.15, 0.2) is 0 Å². The van der Waals surface area contributed by atoms with Gasteiger partial charge in [-0.3, -0.25) is 9.80 Å². The van der Waals surface area contributed by atoms with Gasteiger partial charge >= 0.3 is 0 Å². The number of hydrogen-bond acceptors (Lipinski definition) is 3. The Morgan fingerprint density at radius 2 is 2.15 bits per heavy atom. The molecule has 0 aromatic heterocycles. The summed E-state index contributed by atoms with van der Waals surface area (Å²) in [5.41, 5.74) is 0. The summed E-state index contributed by atoms with van der Waals surface area (Å²) in [6, 6.07) is 0.868. The molecule has 0 radical (unpaired) electrons. The van der Waals surface area contributed by atoms with Crippen molar-refractivity contribution in [1.29, 1.82) is 0 Å². The van der Waals surface area contributed by atoms with Gasteiger partial charge in [-0.25, -0.2) is 0 Å². The Balaban J connectivity index is 1.54. The minimum absolute atomic E-state index is 0.577. The van der Waals surface area contributed by atoms with Gasteiger partial charge in [-0.05, 0) is 19.4 Å². The first kappa shape index (κ1) is 8.21. The average Bonchev–Trinajstić information content (AvgIpc) is 2.83. The van der Waals surface area contributed by atoms with E-state index in [0.29, 0.717) is 6.10 Å². The van der Waals surface area contributed by atoms with Gasteiger partial charge in [0.05, 0.1) is 12.7 Å². The summed E-state index contributed by atoms with van der Waals surface area (Å²) in [4.78, 5) is 5.24. The number of nitrogens with zero attached hydrogens (tertiary/aromatic N) is 2. The van der Waals surface area contributed by atoms with Crippen LogP contribution >= 0.6 is 0 Å². The number of fused-ring (bicyclic) bond motifs is 1. The second-order valence-corrected chi connectivity index (χ2v) is 4.55. The fourth-order valence-corrected chi connectivity index (χ4v) is 2.68. The Hall–Kier alpha value is -0.120. The lowest BCUT2D eigenvalue weighted by Gasteiger charge is -2.37. The molecule has 3 heterocycles. The largest absolute Gasteiger partial charge is 0.372 e. The first-order valence-corrected chi connectivity index (χ1v) is 5.50. The fraction of sp³-hybridized carbons (Fsp3) is 1.00. The van der Waals surface area contributed by atoms with Gasteiger partial charge in [0, 0.05) is 32.2 Å². The van der Waals surface area contributed by atoms with Crippen LogP contribution in [0, 0.1) is 0 Å². The van der Waals surface area contributed by atoms with Crippen molar-refractivity contribution in [1.82, 2.24) is 9.80 Å². The van der Waals surface area contributed by atoms with Crippen LogP contribution in [0.3, 0.4) is 0 Å². The molecule has 0 bridgehead atoms. The van der Waals surface area contributed by atoms with E-state index in [4.69, 9.17) is 4.74 Å². The van der Waals surface area contributed by atoms with Gasteiger partial charge in [0.2, 0.25) is 0 Å². The van der Waals surface area contributed by atoms with Crippen LogP contribution in [0.4, 0.5) is 0 Å². The zero-order valence-electron chi connectivity index (χ0n) is 8.11. The number of piperazine rings is 1. The Morgan fingerprint density at radius 1 is 1.23 bits per heavy atom. The molecule has 2 unspecified atom stereocenters. The molecule has 3 aliphatic heterocycles. The maximum Gasteiger partial charge on any atom is 0.0936 e. The standard InChI is InChI=1S/C10H18N2O/c1-2-9-6-11(7-10-8-13-10)4-5-12(9)3-1/h9-10H,1-8H2. The molecule has 0 aromatic carbocycles. The van der Waals surface area contributed by atoms with Crippen LogP contribution in [0.15, 0.2) is 0 Å². The Labute approximate surface area is 79.6 Å². The molecule has 3 fully saturated rings.